The van der Waals surface area contributed by atoms with Gasteiger partial charge in [0.1, 0.15) is 0 Å². The second kappa shape index (κ2) is 5.35. The van der Waals surface area contributed by atoms with Crippen LogP contribution < -0.4 is 4.90 Å². The molecular formula is C11H17BrN2. The second-order valence-electron chi connectivity index (χ2n) is 3.61. The van der Waals surface area contributed by atoms with Crippen LogP contribution in [0.4, 0.5) is 5.69 Å². The van der Waals surface area contributed by atoms with E-state index in [1.807, 2.05) is 12.4 Å². The van der Waals surface area contributed by atoms with Crippen LogP contribution in [-0.2, 0) is 0 Å². The number of rotatable bonds is 4. The normalized spacial score (nSPS) is 10.6. The molecule has 78 valence electrons. The number of hydrogen-bond donors (Lipinski definition) is 0. The third kappa shape index (κ3) is 2.71. The van der Waals surface area contributed by atoms with Crippen molar-refractivity contribution in [1.29, 1.82) is 0 Å². The first-order valence-corrected chi connectivity index (χ1v) is 5.82. The maximum atomic E-state index is 4.07. The molecule has 0 saturated heterocycles. The Hall–Kier alpha value is -0.570. The molecule has 0 aliphatic carbocycles. The molecule has 0 bridgehead atoms. The Labute approximate surface area is 94.5 Å². The van der Waals surface area contributed by atoms with Gasteiger partial charge < -0.3 is 4.90 Å². The van der Waals surface area contributed by atoms with Crippen LogP contribution in [0.5, 0.6) is 0 Å². The summed E-state index contributed by atoms with van der Waals surface area (Å²) < 4.78 is 1.07. The highest BCUT2D eigenvalue weighted by Gasteiger charge is 2.11. The number of nitrogens with zero attached hydrogens (tertiary/aromatic N) is 2. The third-order valence-corrected chi connectivity index (χ3v) is 2.76. The monoisotopic (exact) mass is 256 g/mol. The molecule has 0 fully saturated rings. The largest absolute Gasteiger partial charge is 0.368 e. The van der Waals surface area contributed by atoms with E-state index in [2.05, 4.69) is 52.7 Å². The minimum Gasteiger partial charge on any atom is -0.368 e. The van der Waals surface area contributed by atoms with Crippen molar-refractivity contribution in [3.63, 3.8) is 0 Å². The zero-order valence-electron chi connectivity index (χ0n) is 9.00. The number of anilines is 1. The van der Waals surface area contributed by atoms with E-state index >= 15 is 0 Å². The Balaban J connectivity index is 2.93. The van der Waals surface area contributed by atoms with Crippen LogP contribution in [0.25, 0.3) is 0 Å². The van der Waals surface area contributed by atoms with E-state index in [4.69, 9.17) is 0 Å². The molecule has 1 heterocycles. The lowest BCUT2D eigenvalue weighted by atomic mass is 10.2. The van der Waals surface area contributed by atoms with Crippen LogP contribution in [0.1, 0.15) is 27.2 Å². The van der Waals surface area contributed by atoms with Crippen molar-refractivity contribution in [3.05, 3.63) is 22.9 Å². The first-order valence-electron chi connectivity index (χ1n) is 5.03. The molecule has 1 aromatic rings. The fourth-order valence-electron chi connectivity index (χ4n) is 1.50. The Morgan fingerprint density at radius 1 is 1.50 bits per heavy atom. The molecule has 0 unspecified atom stereocenters. The smallest absolute Gasteiger partial charge is 0.0592 e. The van der Waals surface area contributed by atoms with E-state index in [9.17, 15) is 0 Å². The number of hydrogen-bond acceptors (Lipinski definition) is 2. The molecule has 3 heteroatoms. The molecular weight excluding hydrogens is 240 g/mol. The molecule has 0 radical (unpaired) electrons. The molecule has 0 saturated carbocycles. The van der Waals surface area contributed by atoms with Crippen molar-refractivity contribution in [2.24, 2.45) is 0 Å². The van der Waals surface area contributed by atoms with Gasteiger partial charge in [-0.25, -0.2) is 0 Å². The van der Waals surface area contributed by atoms with Gasteiger partial charge in [0.05, 0.1) is 10.2 Å². The van der Waals surface area contributed by atoms with Crippen molar-refractivity contribution in [2.75, 3.05) is 11.4 Å². The minimum atomic E-state index is 0.522. The number of aromatic nitrogens is 1. The van der Waals surface area contributed by atoms with Crippen LogP contribution >= 0.6 is 15.9 Å². The first-order chi connectivity index (χ1) is 6.66. The average Bonchev–Trinajstić information content (AvgIpc) is 2.15. The van der Waals surface area contributed by atoms with Gasteiger partial charge in [0.2, 0.25) is 0 Å². The van der Waals surface area contributed by atoms with Gasteiger partial charge >= 0.3 is 0 Å². The van der Waals surface area contributed by atoms with Crippen molar-refractivity contribution in [2.45, 2.75) is 33.2 Å². The van der Waals surface area contributed by atoms with Crippen LogP contribution in [0, 0.1) is 0 Å². The molecule has 0 atom stereocenters. The summed E-state index contributed by atoms with van der Waals surface area (Å²) in [4.78, 5) is 6.45. The SMILES string of the molecule is CCCN(c1ccncc1Br)C(C)C. The number of halogens is 1. The lowest BCUT2D eigenvalue weighted by Gasteiger charge is -2.29. The lowest BCUT2D eigenvalue weighted by Crippen LogP contribution is -2.31. The van der Waals surface area contributed by atoms with Crippen LogP contribution in [-0.4, -0.2) is 17.6 Å². The molecule has 0 aliphatic rings. The zero-order chi connectivity index (χ0) is 10.6. The van der Waals surface area contributed by atoms with Crippen LogP contribution in [0.3, 0.4) is 0 Å². The van der Waals surface area contributed by atoms with Gasteiger partial charge in [-0.15, -0.1) is 0 Å². The van der Waals surface area contributed by atoms with Gasteiger partial charge in [-0.2, -0.15) is 0 Å². The summed E-state index contributed by atoms with van der Waals surface area (Å²) >= 11 is 3.53. The summed E-state index contributed by atoms with van der Waals surface area (Å²) in [5, 5.41) is 0. The predicted molar refractivity (Wildman–Crippen MR) is 64.7 cm³/mol. The predicted octanol–water partition coefficient (Wildman–Crippen LogP) is 3.47. The van der Waals surface area contributed by atoms with Gasteiger partial charge in [0.15, 0.2) is 0 Å². The van der Waals surface area contributed by atoms with Gasteiger partial charge in [-0.3, -0.25) is 4.98 Å². The Morgan fingerprint density at radius 2 is 2.21 bits per heavy atom. The standard InChI is InChI=1S/C11H17BrN2/c1-4-7-14(9(2)3)11-5-6-13-8-10(11)12/h5-6,8-9H,4,7H2,1-3H3. The number of pyridine rings is 1. The van der Waals surface area contributed by atoms with Crippen molar-refractivity contribution in [3.8, 4) is 0 Å². The van der Waals surface area contributed by atoms with Crippen molar-refractivity contribution >= 4 is 21.6 Å². The van der Waals surface area contributed by atoms with E-state index in [0.717, 1.165) is 17.4 Å². The molecule has 14 heavy (non-hydrogen) atoms. The second-order valence-corrected chi connectivity index (χ2v) is 4.47. The molecule has 0 amide bonds. The molecule has 0 spiro atoms. The topological polar surface area (TPSA) is 16.1 Å². The first kappa shape index (κ1) is 11.5. The Kier molecular flexibility index (Phi) is 4.39. The highest BCUT2D eigenvalue weighted by atomic mass is 79.9. The van der Waals surface area contributed by atoms with E-state index < -0.39 is 0 Å². The van der Waals surface area contributed by atoms with Crippen molar-refractivity contribution < 1.29 is 0 Å². The molecule has 0 N–H and O–H groups in total. The van der Waals surface area contributed by atoms with Gasteiger partial charge in [0.25, 0.3) is 0 Å². The molecule has 0 aliphatic heterocycles. The zero-order valence-corrected chi connectivity index (χ0v) is 10.6. The van der Waals surface area contributed by atoms with Crippen LogP contribution in [0.2, 0.25) is 0 Å². The lowest BCUT2D eigenvalue weighted by molar-refractivity contribution is 0.669. The molecule has 2 nitrogen and oxygen atoms in total. The third-order valence-electron chi connectivity index (χ3n) is 2.15. The summed E-state index contributed by atoms with van der Waals surface area (Å²) in [5.41, 5.74) is 1.23. The average molecular weight is 257 g/mol. The van der Waals surface area contributed by atoms with Crippen molar-refractivity contribution in [1.82, 2.24) is 4.98 Å². The van der Waals surface area contributed by atoms with Gasteiger partial charge in [0, 0.05) is 25.0 Å². The van der Waals surface area contributed by atoms with Crippen LogP contribution in [0.15, 0.2) is 22.9 Å². The fraction of sp³-hybridized carbons (Fsp3) is 0.545. The summed E-state index contributed by atoms with van der Waals surface area (Å²) in [6.07, 6.45) is 4.85. The summed E-state index contributed by atoms with van der Waals surface area (Å²) in [7, 11) is 0. The molecule has 0 aromatic carbocycles. The van der Waals surface area contributed by atoms with Gasteiger partial charge in [-0.1, -0.05) is 6.92 Å². The van der Waals surface area contributed by atoms with E-state index in [1.165, 1.54) is 5.69 Å². The van der Waals surface area contributed by atoms with E-state index in [0.29, 0.717) is 6.04 Å². The van der Waals surface area contributed by atoms with Gasteiger partial charge in [-0.05, 0) is 42.3 Å². The maximum Gasteiger partial charge on any atom is 0.0592 e. The minimum absolute atomic E-state index is 0.522. The molecule has 1 aromatic heterocycles. The summed E-state index contributed by atoms with van der Waals surface area (Å²) in [6.45, 7) is 7.70. The Bertz CT molecular complexity index is 286. The van der Waals surface area contributed by atoms with E-state index in [1.54, 1.807) is 0 Å². The maximum absolute atomic E-state index is 4.07. The summed E-state index contributed by atoms with van der Waals surface area (Å²) in [6, 6.07) is 2.58. The summed E-state index contributed by atoms with van der Waals surface area (Å²) in [5.74, 6) is 0. The fourth-order valence-corrected chi connectivity index (χ4v) is 1.98. The highest BCUT2D eigenvalue weighted by molar-refractivity contribution is 9.10. The molecule has 1 rings (SSSR count). The highest BCUT2D eigenvalue weighted by Crippen LogP contribution is 2.26. The Morgan fingerprint density at radius 3 is 2.71 bits per heavy atom. The quantitative estimate of drug-likeness (QED) is 0.821. The van der Waals surface area contributed by atoms with E-state index in [-0.39, 0.29) is 0 Å².